The molecular formula is C25H26N4O. The second-order valence-electron chi connectivity index (χ2n) is 8.02. The summed E-state index contributed by atoms with van der Waals surface area (Å²) in [5.74, 6) is 0.402. The molecule has 1 unspecified atom stereocenters. The number of nitrogens with two attached hydrogens (primary N) is 1. The summed E-state index contributed by atoms with van der Waals surface area (Å²) < 4.78 is 0. The van der Waals surface area contributed by atoms with E-state index in [1.54, 1.807) is 0 Å². The number of hydrogen-bond donors (Lipinski definition) is 2. The van der Waals surface area contributed by atoms with Crippen molar-refractivity contribution in [3.63, 3.8) is 0 Å². The molecule has 2 heterocycles. The Balaban J connectivity index is 1.83. The van der Waals surface area contributed by atoms with Crippen LogP contribution in [-0.2, 0) is 10.3 Å². The Hall–Kier alpha value is -3.31. The lowest BCUT2D eigenvalue weighted by Crippen LogP contribution is -2.33. The lowest BCUT2D eigenvalue weighted by molar-refractivity contribution is -0.114. The lowest BCUT2D eigenvalue weighted by atomic mass is 9.92. The average molecular weight is 399 g/mol. The summed E-state index contributed by atoms with van der Waals surface area (Å²) in [7, 11) is 0. The Labute approximate surface area is 176 Å². The molecule has 0 bridgehead atoms. The third-order valence-corrected chi connectivity index (χ3v) is 5.37. The van der Waals surface area contributed by atoms with Gasteiger partial charge in [-0.05, 0) is 54.8 Å². The maximum absolute atomic E-state index is 11.6. The molecule has 0 fully saturated rings. The van der Waals surface area contributed by atoms with Crippen LogP contribution >= 0.6 is 0 Å². The van der Waals surface area contributed by atoms with Crippen LogP contribution in [0.3, 0.4) is 0 Å². The molecule has 0 saturated heterocycles. The van der Waals surface area contributed by atoms with Crippen LogP contribution in [0.4, 0.5) is 5.82 Å². The molecule has 152 valence electrons. The van der Waals surface area contributed by atoms with Gasteiger partial charge in [0, 0.05) is 17.7 Å². The number of pyridine rings is 2. The summed E-state index contributed by atoms with van der Waals surface area (Å²) in [6.45, 7) is 5.65. The molecule has 3 N–H and O–H groups in total. The van der Waals surface area contributed by atoms with Crippen LogP contribution in [0.25, 0.3) is 32.9 Å². The van der Waals surface area contributed by atoms with Crippen LogP contribution in [0.5, 0.6) is 0 Å². The molecule has 1 amide bonds. The SMILES string of the molecule is CCCC(C)(N)c1ccc2cc(-c3cc(NC(C)=O)nc4ccccc34)ccc2n1. The van der Waals surface area contributed by atoms with Gasteiger partial charge in [-0.25, -0.2) is 4.98 Å². The van der Waals surface area contributed by atoms with E-state index in [2.05, 4.69) is 35.4 Å². The van der Waals surface area contributed by atoms with E-state index in [-0.39, 0.29) is 5.91 Å². The molecule has 0 aliphatic rings. The van der Waals surface area contributed by atoms with E-state index >= 15 is 0 Å². The van der Waals surface area contributed by atoms with Crippen LogP contribution in [0.15, 0.2) is 60.7 Å². The van der Waals surface area contributed by atoms with Crippen LogP contribution < -0.4 is 11.1 Å². The number of carbonyl (C=O) groups excluding carboxylic acids is 1. The number of anilines is 1. The minimum absolute atomic E-state index is 0.143. The number of fused-ring (bicyclic) bond motifs is 2. The van der Waals surface area contributed by atoms with Gasteiger partial charge in [-0.2, -0.15) is 0 Å². The second kappa shape index (κ2) is 7.84. The molecule has 0 saturated carbocycles. The van der Waals surface area contributed by atoms with Crippen molar-refractivity contribution in [2.24, 2.45) is 5.73 Å². The molecule has 30 heavy (non-hydrogen) atoms. The largest absolute Gasteiger partial charge is 0.320 e. The fraction of sp³-hybridized carbons (Fsp3) is 0.240. The zero-order valence-electron chi connectivity index (χ0n) is 17.6. The summed E-state index contributed by atoms with van der Waals surface area (Å²) >= 11 is 0. The van der Waals surface area contributed by atoms with E-state index in [1.807, 2.05) is 49.4 Å². The van der Waals surface area contributed by atoms with Gasteiger partial charge in [0.2, 0.25) is 5.91 Å². The molecule has 0 aliphatic heterocycles. The first kappa shape index (κ1) is 20.0. The summed E-state index contributed by atoms with van der Waals surface area (Å²) in [5, 5.41) is 4.89. The number of carbonyl (C=O) groups is 1. The third kappa shape index (κ3) is 3.89. The molecule has 2 aromatic carbocycles. The quantitative estimate of drug-likeness (QED) is 0.473. The minimum atomic E-state index is -0.434. The van der Waals surface area contributed by atoms with Crippen LogP contribution in [0, 0.1) is 0 Å². The van der Waals surface area contributed by atoms with E-state index in [1.165, 1.54) is 6.92 Å². The van der Waals surface area contributed by atoms with E-state index in [9.17, 15) is 4.79 Å². The highest BCUT2D eigenvalue weighted by atomic mass is 16.1. The fourth-order valence-electron chi connectivity index (χ4n) is 3.92. The van der Waals surface area contributed by atoms with E-state index in [0.717, 1.165) is 51.5 Å². The Morgan fingerprint density at radius 1 is 1.03 bits per heavy atom. The Morgan fingerprint density at radius 3 is 2.60 bits per heavy atom. The number of hydrogen-bond acceptors (Lipinski definition) is 4. The topological polar surface area (TPSA) is 80.9 Å². The van der Waals surface area contributed by atoms with Crippen LogP contribution in [0.1, 0.15) is 39.3 Å². The van der Waals surface area contributed by atoms with Gasteiger partial charge in [0.15, 0.2) is 0 Å². The van der Waals surface area contributed by atoms with Gasteiger partial charge in [0.1, 0.15) is 5.82 Å². The van der Waals surface area contributed by atoms with Crippen molar-refractivity contribution in [1.82, 2.24) is 9.97 Å². The normalized spacial score (nSPS) is 13.3. The summed E-state index contributed by atoms with van der Waals surface area (Å²) in [6, 6.07) is 20.2. The molecule has 5 heteroatoms. The number of rotatable bonds is 5. The second-order valence-corrected chi connectivity index (χ2v) is 8.02. The minimum Gasteiger partial charge on any atom is -0.320 e. The molecular weight excluding hydrogens is 372 g/mol. The number of amides is 1. The average Bonchev–Trinajstić information content (AvgIpc) is 2.72. The number of para-hydroxylation sites is 1. The molecule has 0 spiro atoms. The highest BCUT2D eigenvalue weighted by Gasteiger charge is 2.21. The molecule has 1 atom stereocenters. The maximum atomic E-state index is 11.6. The van der Waals surface area contributed by atoms with Gasteiger partial charge < -0.3 is 11.1 Å². The number of nitrogens with zero attached hydrogens (tertiary/aromatic N) is 2. The Morgan fingerprint density at radius 2 is 1.83 bits per heavy atom. The molecule has 5 nitrogen and oxygen atoms in total. The van der Waals surface area contributed by atoms with Gasteiger partial charge in [0.05, 0.1) is 22.3 Å². The van der Waals surface area contributed by atoms with Crippen LogP contribution in [-0.4, -0.2) is 15.9 Å². The van der Waals surface area contributed by atoms with Gasteiger partial charge in [0.25, 0.3) is 0 Å². The third-order valence-electron chi connectivity index (χ3n) is 5.37. The number of nitrogens with one attached hydrogen (secondary N) is 1. The molecule has 4 aromatic rings. The van der Waals surface area contributed by atoms with Crippen molar-refractivity contribution in [2.75, 3.05) is 5.32 Å². The maximum Gasteiger partial charge on any atom is 0.222 e. The first-order valence-corrected chi connectivity index (χ1v) is 10.3. The zero-order chi connectivity index (χ0) is 21.3. The fourth-order valence-corrected chi connectivity index (χ4v) is 3.92. The monoisotopic (exact) mass is 398 g/mol. The van der Waals surface area contributed by atoms with Gasteiger partial charge in [-0.3, -0.25) is 9.78 Å². The van der Waals surface area contributed by atoms with Gasteiger partial charge in [-0.1, -0.05) is 43.7 Å². The highest BCUT2D eigenvalue weighted by molar-refractivity contribution is 6.00. The van der Waals surface area contributed by atoms with E-state index in [4.69, 9.17) is 10.7 Å². The standard InChI is InChI=1S/C25H26N4O/c1-4-13-25(3,26)23-12-10-18-14-17(9-11-21(18)28-23)20-15-24(27-16(2)30)29-22-8-6-5-7-19(20)22/h5-12,14-15H,4,13,26H2,1-3H3,(H,27,29,30). The first-order chi connectivity index (χ1) is 14.4. The van der Waals surface area contributed by atoms with E-state index < -0.39 is 5.54 Å². The lowest BCUT2D eigenvalue weighted by Gasteiger charge is -2.23. The molecule has 0 aliphatic carbocycles. The van der Waals surface area contributed by atoms with Gasteiger partial charge >= 0.3 is 0 Å². The smallest absolute Gasteiger partial charge is 0.222 e. The molecule has 0 radical (unpaired) electrons. The molecule has 4 rings (SSSR count). The zero-order valence-corrected chi connectivity index (χ0v) is 17.6. The number of aromatic nitrogens is 2. The first-order valence-electron chi connectivity index (χ1n) is 10.3. The predicted molar refractivity (Wildman–Crippen MR) is 123 cm³/mol. The van der Waals surface area contributed by atoms with Crippen molar-refractivity contribution in [3.8, 4) is 11.1 Å². The van der Waals surface area contributed by atoms with Gasteiger partial charge in [-0.15, -0.1) is 0 Å². The summed E-state index contributed by atoms with van der Waals surface area (Å²) in [5.41, 5.74) is 10.8. The molecule has 2 aromatic heterocycles. The summed E-state index contributed by atoms with van der Waals surface area (Å²) in [6.07, 6.45) is 1.90. The highest BCUT2D eigenvalue weighted by Crippen LogP contribution is 2.32. The van der Waals surface area contributed by atoms with E-state index in [0.29, 0.717) is 5.82 Å². The number of benzene rings is 2. The van der Waals surface area contributed by atoms with Crippen molar-refractivity contribution < 1.29 is 4.79 Å². The predicted octanol–water partition coefficient (Wildman–Crippen LogP) is 5.38. The summed E-state index contributed by atoms with van der Waals surface area (Å²) in [4.78, 5) is 20.9. The Bertz CT molecular complexity index is 1250. The van der Waals surface area contributed by atoms with Crippen molar-refractivity contribution >= 4 is 33.5 Å². The van der Waals surface area contributed by atoms with Crippen molar-refractivity contribution in [1.29, 1.82) is 0 Å². The van der Waals surface area contributed by atoms with Crippen LogP contribution in [0.2, 0.25) is 0 Å². The Kier molecular flexibility index (Phi) is 5.22. The van der Waals surface area contributed by atoms with Crippen molar-refractivity contribution in [3.05, 3.63) is 66.4 Å². The van der Waals surface area contributed by atoms with Crippen molar-refractivity contribution in [2.45, 2.75) is 39.2 Å².